The van der Waals surface area contributed by atoms with Gasteiger partial charge in [0, 0.05) is 32.0 Å². The number of pyridine rings is 1. The Labute approximate surface area is 268 Å². The van der Waals surface area contributed by atoms with E-state index in [2.05, 4.69) is 33.6 Å². The summed E-state index contributed by atoms with van der Waals surface area (Å²) in [5.41, 5.74) is 1.72. The van der Waals surface area contributed by atoms with Crippen LogP contribution in [0, 0.1) is 5.92 Å². The van der Waals surface area contributed by atoms with Crippen molar-refractivity contribution in [1.29, 1.82) is 0 Å². The van der Waals surface area contributed by atoms with Crippen molar-refractivity contribution in [3.8, 4) is 0 Å². The number of nitrogens with zero attached hydrogens (tertiary/aromatic N) is 4. The molecule has 0 aliphatic carbocycles. The monoisotopic (exact) mass is 637 g/mol. The molecule has 1 amide bonds. The van der Waals surface area contributed by atoms with Crippen LogP contribution in [0.15, 0.2) is 54.3 Å². The van der Waals surface area contributed by atoms with Gasteiger partial charge in [0.05, 0.1) is 49.1 Å². The Morgan fingerprint density at radius 2 is 2.00 bits per heavy atom. The maximum atomic E-state index is 12.7. The summed E-state index contributed by atoms with van der Waals surface area (Å²) in [6.07, 6.45) is 12.5. The zero-order valence-corrected chi connectivity index (χ0v) is 27.0. The molecule has 2 aromatic heterocycles. The van der Waals surface area contributed by atoms with Gasteiger partial charge in [-0.3, -0.25) is 9.59 Å². The van der Waals surface area contributed by atoms with Crippen LogP contribution < -0.4 is 10.2 Å². The number of carbonyl (C=O) groups excluding carboxylic acids is 3. The number of hydrogen-bond acceptors (Lipinski definition) is 11. The third-order valence-corrected chi connectivity index (χ3v) is 8.52. The number of ether oxygens (including phenoxy) is 4. The minimum Gasteiger partial charge on any atom is -0.459 e. The molecule has 3 aliphatic heterocycles. The van der Waals surface area contributed by atoms with E-state index in [4.69, 9.17) is 23.8 Å². The van der Waals surface area contributed by atoms with Gasteiger partial charge in [-0.1, -0.05) is 30.7 Å². The Balaban J connectivity index is 1.09. The molecule has 0 aromatic carbocycles. The first-order valence-corrected chi connectivity index (χ1v) is 15.8. The minimum absolute atomic E-state index is 0.0211. The molecule has 3 saturated heterocycles. The molecule has 1 spiro atoms. The van der Waals surface area contributed by atoms with Crippen LogP contribution in [0.25, 0.3) is 11.2 Å². The summed E-state index contributed by atoms with van der Waals surface area (Å²) in [6, 6.07) is 3.36. The van der Waals surface area contributed by atoms with E-state index >= 15 is 0 Å². The summed E-state index contributed by atoms with van der Waals surface area (Å²) < 4.78 is 23.4. The number of esters is 1. The molecular formula is C33H43N5O8. The Hall–Kier alpha value is -3.94. The van der Waals surface area contributed by atoms with E-state index in [0.29, 0.717) is 24.2 Å². The first kappa shape index (κ1) is 33.4. The molecule has 3 fully saturated rings. The molecule has 13 heteroatoms. The molecule has 1 N–H and O–H groups in total. The van der Waals surface area contributed by atoms with Crippen LogP contribution in [0.1, 0.15) is 66.7 Å². The normalized spacial score (nSPS) is 30.5. The molecule has 3 aliphatic rings. The van der Waals surface area contributed by atoms with Gasteiger partial charge in [0.25, 0.3) is 0 Å². The molecule has 0 saturated carbocycles. The second-order valence-electron chi connectivity index (χ2n) is 12.6. The fraction of sp³-hybridized carbons (Fsp3) is 0.576. The van der Waals surface area contributed by atoms with E-state index in [9.17, 15) is 14.4 Å². The summed E-state index contributed by atoms with van der Waals surface area (Å²) in [4.78, 5) is 46.8. The zero-order chi connectivity index (χ0) is 32.8. The highest BCUT2D eigenvalue weighted by molar-refractivity contribution is 5.87. The van der Waals surface area contributed by atoms with Gasteiger partial charge in [0.15, 0.2) is 0 Å². The highest BCUT2D eigenvalue weighted by Gasteiger charge is 2.51. The van der Waals surface area contributed by atoms with E-state index < -0.39 is 18.0 Å². The van der Waals surface area contributed by atoms with Crippen molar-refractivity contribution >= 4 is 29.0 Å². The van der Waals surface area contributed by atoms with Crippen molar-refractivity contribution < 1.29 is 38.2 Å². The number of aromatic nitrogens is 4. The lowest BCUT2D eigenvalue weighted by atomic mass is 9.88. The predicted octanol–water partition coefficient (Wildman–Crippen LogP) is 3.19. The molecule has 8 unspecified atom stereocenters. The Bertz CT molecular complexity index is 1500. The first-order chi connectivity index (χ1) is 22.0. The van der Waals surface area contributed by atoms with Gasteiger partial charge in [0.2, 0.25) is 11.6 Å². The average molecular weight is 638 g/mol. The molecule has 2 aromatic rings. The first-order valence-electron chi connectivity index (χ1n) is 15.8. The highest BCUT2D eigenvalue weighted by atomic mass is 16.7. The molecule has 13 nitrogen and oxygen atoms in total. The van der Waals surface area contributed by atoms with E-state index in [1.54, 1.807) is 31.3 Å². The number of hydrogen-bond donors (Lipinski definition) is 1. The quantitative estimate of drug-likeness (QED) is 0.127. The SMILES string of the molecule is CC(=O)OC(C)C=CC(=O)NC1CC(C)C(CC=C(C)C=CC2CC3(CO3)CC(CC(=O)On3nnc4cccnc43)O2)OC1C. The van der Waals surface area contributed by atoms with Crippen LogP contribution in [-0.2, 0) is 33.3 Å². The van der Waals surface area contributed by atoms with Crippen molar-refractivity contribution in [2.45, 2.75) is 109 Å². The van der Waals surface area contributed by atoms with E-state index in [0.717, 1.165) is 29.7 Å². The molecule has 0 radical (unpaired) electrons. The van der Waals surface area contributed by atoms with E-state index in [1.807, 2.05) is 26.0 Å². The molecule has 5 heterocycles. The summed E-state index contributed by atoms with van der Waals surface area (Å²) in [6.45, 7) is 9.83. The van der Waals surface area contributed by atoms with Gasteiger partial charge in [-0.25, -0.2) is 9.78 Å². The summed E-state index contributed by atoms with van der Waals surface area (Å²) in [5.74, 6) is -0.883. The van der Waals surface area contributed by atoms with Crippen molar-refractivity contribution in [2.24, 2.45) is 5.92 Å². The smallest absolute Gasteiger partial charge is 0.337 e. The van der Waals surface area contributed by atoms with Crippen molar-refractivity contribution in [2.75, 3.05) is 6.61 Å². The summed E-state index contributed by atoms with van der Waals surface area (Å²) in [7, 11) is 0. The number of epoxide rings is 1. The molecule has 46 heavy (non-hydrogen) atoms. The topological polar surface area (TPSA) is 156 Å². The van der Waals surface area contributed by atoms with Crippen LogP contribution in [0.4, 0.5) is 0 Å². The van der Waals surface area contributed by atoms with Gasteiger partial charge in [0.1, 0.15) is 11.6 Å². The molecule has 5 rings (SSSR count). The highest BCUT2D eigenvalue weighted by Crippen LogP contribution is 2.43. The van der Waals surface area contributed by atoms with E-state index in [-0.39, 0.29) is 54.3 Å². The number of nitrogens with one attached hydrogen (secondary N) is 1. The third kappa shape index (κ3) is 9.08. The number of fused-ring (bicyclic) bond motifs is 1. The molecular weight excluding hydrogens is 594 g/mol. The Kier molecular flexibility index (Phi) is 10.6. The number of amides is 1. The summed E-state index contributed by atoms with van der Waals surface area (Å²) >= 11 is 0. The second kappa shape index (κ2) is 14.7. The van der Waals surface area contributed by atoms with Crippen molar-refractivity contribution in [3.63, 3.8) is 0 Å². The molecule has 0 bridgehead atoms. The van der Waals surface area contributed by atoms with Gasteiger partial charge < -0.3 is 29.1 Å². The largest absolute Gasteiger partial charge is 0.459 e. The standard InChI is InChI=1S/C33H43N5O8/c1-20(9-12-29-21(2)15-28(23(4)44-29)35-30(40)13-10-22(3)43-24(5)39)8-11-25-17-33(19-42-33)18-26(45-25)16-31(41)46-38-32-27(36-37-38)7-6-14-34-32/h6-11,13-14,21-23,25-26,28-29H,12,15-19H2,1-5H3,(H,35,40). The lowest BCUT2D eigenvalue weighted by Gasteiger charge is -2.39. The number of rotatable bonds is 11. The Morgan fingerprint density at radius 1 is 1.20 bits per heavy atom. The van der Waals surface area contributed by atoms with Crippen LogP contribution in [0.5, 0.6) is 0 Å². The fourth-order valence-corrected chi connectivity index (χ4v) is 6.00. The maximum Gasteiger partial charge on any atom is 0.337 e. The van der Waals surface area contributed by atoms with Crippen LogP contribution >= 0.6 is 0 Å². The van der Waals surface area contributed by atoms with Crippen LogP contribution in [0.2, 0.25) is 0 Å². The van der Waals surface area contributed by atoms with Crippen LogP contribution in [0.3, 0.4) is 0 Å². The third-order valence-electron chi connectivity index (χ3n) is 8.52. The molecule has 248 valence electrons. The van der Waals surface area contributed by atoms with Gasteiger partial charge in [-0.2, -0.15) is 0 Å². The molecule has 8 atom stereocenters. The van der Waals surface area contributed by atoms with Crippen LogP contribution in [-0.4, -0.2) is 86.8 Å². The van der Waals surface area contributed by atoms with Gasteiger partial charge in [-0.15, -0.1) is 5.10 Å². The number of carbonyl (C=O) groups is 3. The van der Waals surface area contributed by atoms with Gasteiger partial charge >= 0.3 is 11.9 Å². The zero-order valence-electron chi connectivity index (χ0n) is 27.0. The van der Waals surface area contributed by atoms with Crippen molar-refractivity contribution in [3.05, 3.63) is 54.3 Å². The van der Waals surface area contributed by atoms with E-state index in [1.165, 1.54) is 13.0 Å². The average Bonchev–Trinajstić information content (AvgIpc) is 3.61. The number of allylic oxidation sites excluding steroid dienone is 2. The minimum atomic E-state index is -0.484. The van der Waals surface area contributed by atoms with Gasteiger partial charge in [-0.05, 0) is 67.8 Å². The Morgan fingerprint density at radius 3 is 2.76 bits per heavy atom. The predicted molar refractivity (Wildman–Crippen MR) is 166 cm³/mol. The van der Waals surface area contributed by atoms with Crippen molar-refractivity contribution in [1.82, 2.24) is 25.5 Å². The summed E-state index contributed by atoms with van der Waals surface area (Å²) in [5, 5.41) is 10.8. The maximum absolute atomic E-state index is 12.7. The lowest BCUT2D eigenvalue weighted by molar-refractivity contribution is -0.152. The lowest BCUT2D eigenvalue weighted by Crippen LogP contribution is -2.50. The second-order valence-corrected chi connectivity index (χ2v) is 12.6. The fourth-order valence-electron chi connectivity index (χ4n) is 6.00.